The number of nitrogens with zero attached hydrogens (tertiary/aromatic N) is 1. The number of halogens is 2. The second-order valence-electron chi connectivity index (χ2n) is 6.50. The summed E-state index contributed by atoms with van der Waals surface area (Å²) in [5, 5.41) is 0. The third-order valence-corrected chi connectivity index (χ3v) is 4.51. The average molecular weight is 434 g/mol. The number of rotatable bonds is 2. The molecule has 1 nitrogen and oxygen atoms in total. The molecule has 2 aliphatic carbocycles. The van der Waals surface area contributed by atoms with E-state index >= 15 is 0 Å². The summed E-state index contributed by atoms with van der Waals surface area (Å²) in [5.41, 5.74) is 5.72. The molecule has 0 aromatic heterocycles. The smallest absolute Gasteiger partial charge is 1.00 e. The zero-order valence-electron chi connectivity index (χ0n) is 15.6. The first-order valence-corrected chi connectivity index (χ1v) is 7.40. The fourth-order valence-corrected chi connectivity index (χ4v) is 2.39. The molecule has 0 heterocycles. The maximum atomic E-state index is 3.44. The monoisotopic (exact) mass is 431 g/mol. The number of likely N-dealkylation sites (N-methyl/N-ethyl adjacent to an activating group) is 1. The van der Waals surface area contributed by atoms with E-state index in [1.54, 1.807) is 0 Å². The van der Waals surface area contributed by atoms with Gasteiger partial charge in [0.2, 0.25) is 0 Å². The van der Waals surface area contributed by atoms with Gasteiger partial charge in [-0.25, -0.2) is 17.2 Å². The molecule has 0 amide bonds. The largest absolute Gasteiger partial charge is 4.00 e. The Hall–Kier alpha value is 0.383. The van der Waals surface area contributed by atoms with Crippen LogP contribution in [0.25, 0.3) is 0 Å². The molecule has 2 rings (SSSR count). The van der Waals surface area contributed by atoms with Crippen molar-refractivity contribution in [2.24, 2.45) is 5.41 Å². The minimum Gasteiger partial charge on any atom is -1.00 e. The van der Waals surface area contributed by atoms with Gasteiger partial charge in [0.1, 0.15) is 0 Å². The van der Waals surface area contributed by atoms with Gasteiger partial charge in [0, 0.05) is 0 Å². The van der Waals surface area contributed by atoms with Crippen LogP contribution in [0.4, 0.5) is 0 Å². The van der Waals surface area contributed by atoms with Crippen LogP contribution in [0.1, 0.15) is 48.0 Å². The summed E-state index contributed by atoms with van der Waals surface area (Å²) in [7, 11) is 4.18. The van der Waals surface area contributed by atoms with Gasteiger partial charge < -0.3 is 29.7 Å². The second kappa shape index (κ2) is 11.9. The maximum Gasteiger partial charge on any atom is 4.00 e. The van der Waals surface area contributed by atoms with Crippen molar-refractivity contribution in [3.63, 3.8) is 0 Å². The van der Waals surface area contributed by atoms with Crippen molar-refractivity contribution in [1.29, 1.82) is 0 Å². The van der Waals surface area contributed by atoms with E-state index in [1.165, 1.54) is 22.3 Å². The quantitative estimate of drug-likeness (QED) is 0.492. The van der Waals surface area contributed by atoms with E-state index in [-0.39, 0.29) is 56.4 Å². The number of hydrogen-bond donors (Lipinski definition) is 0. The van der Waals surface area contributed by atoms with Crippen LogP contribution >= 0.6 is 0 Å². The van der Waals surface area contributed by atoms with E-state index in [0.717, 1.165) is 6.42 Å². The molecule has 0 radical (unpaired) electrons. The predicted octanol–water partition coefficient (Wildman–Crippen LogP) is -1.26. The molecule has 0 N–H and O–H groups in total. The first kappa shape index (κ1) is 28.2. The van der Waals surface area contributed by atoms with Crippen molar-refractivity contribution in [2.75, 3.05) is 14.1 Å². The summed E-state index contributed by atoms with van der Waals surface area (Å²) in [6.07, 6.45) is 12.0. The summed E-state index contributed by atoms with van der Waals surface area (Å²) in [5.74, 6) is 0. The Kier molecular flexibility index (Phi) is 14.5. The number of hydrogen-bond acceptors (Lipinski definition) is 1. The first-order chi connectivity index (χ1) is 9.16. The molecule has 1 atom stereocenters. The zero-order valence-corrected chi connectivity index (χ0v) is 19.6. The van der Waals surface area contributed by atoms with Crippen molar-refractivity contribution in [1.82, 2.24) is 4.90 Å². The summed E-state index contributed by atoms with van der Waals surface area (Å²) in [6.45, 7) is 13.1. The maximum absolute atomic E-state index is 3.44. The Morgan fingerprint density at radius 2 is 1.65 bits per heavy atom. The summed E-state index contributed by atoms with van der Waals surface area (Å²) >= 11 is 0. The van der Waals surface area contributed by atoms with Gasteiger partial charge in [0.25, 0.3) is 0 Å². The van der Waals surface area contributed by atoms with E-state index in [1.807, 2.05) is 0 Å². The second-order valence-corrected chi connectivity index (χ2v) is 6.50. The molecular weight excluding hydrogens is 404 g/mol. The molecule has 0 saturated heterocycles. The molecule has 1 unspecified atom stereocenters. The van der Waals surface area contributed by atoms with Crippen molar-refractivity contribution >= 4 is 0 Å². The van der Waals surface area contributed by atoms with E-state index < -0.39 is 0 Å². The van der Waals surface area contributed by atoms with Gasteiger partial charge in [-0.15, -0.1) is 13.3 Å². The van der Waals surface area contributed by atoms with Gasteiger partial charge in [-0.1, -0.05) is 33.1 Å². The van der Waals surface area contributed by atoms with Crippen LogP contribution < -0.4 is 24.8 Å². The standard InChI is InChI=1S/C10H15.C9H14N.2ClH.Zr/c1-7-6-10(4,5)9(3)8(7)2;1-8(10(2)3)9-6-4-5-7-9;;;/h1-5H3;4,6,8H,5H2,1-3H3;2*1H;/q2*-1;;;+4/p-2. The van der Waals surface area contributed by atoms with E-state index in [9.17, 15) is 0 Å². The fraction of sp³-hybridized carbons (Fsp3) is 0.579. The Labute approximate surface area is 175 Å². The third-order valence-electron chi connectivity index (χ3n) is 4.51. The molecule has 4 heteroatoms. The minimum absolute atomic E-state index is 0. The van der Waals surface area contributed by atoms with Crippen LogP contribution in [-0.4, -0.2) is 25.0 Å². The Morgan fingerprint density at radius 1 is 1.13 bits per heavy atom. The predicted molar refractivity (Wildman–Crippen MR) is 88.2 cm³/mol. The molecule has 0 aromatic rings. The molecule has 0 aliphatic heterocycles. The van der Waals surface area contributed by atoms with Crippen molar-refractivity contribution in [3.05, 3.63) is 46.6 Å². The van der Waals surface area contributed by atoms with Crippen LogP contribution in [0.3, 0.4) is 0 Å². The molecule has 128 valence electrons. The van der Waals surface area contributed by atoms with Crippen molar-refractivity contribution < 1.29 is 51.0 Å². The van der Waals surface area contributed by atoms with Gasteiger partial charge in [-0.3, -0.25) is 12.2 Å². The van der Waals surface area contributed by atoms with Crippen LogP contribution in [0.15, 0.2) is 34.4 Å². The SMILES string of the molecule is CC(C1=[C-]CC=C1)N(C)C.CC1=[C-]C(C)(C)C(C)=C1C.[Cl-].[Cl-].[Zr+4]. The van der Waals surface area contributed by atoms with Crippen LogP contribution in [0, 0.1) is 17.6 Å². The number of allylic oxidation sites excluding steroid dienone is 6. The molecule has 2 aliphatic rings. The Morgan fingerprint density at radius 3 is 1.87 bits per heavy atom. The van der Waals surface area contributed by atoms with E-state index in [0.29, 0.717) is 6.04 Å². The van der Waals surface area contributed by atoms with Crippen LogP contribution in [-0.2, 0) is 26.2 Å². The first-order valence-electron chi connectivity index (χ1n) is 7.40. The van der Waals surface area contributed by atoms with Gasteiger partial charge in [0.05, 0.1) is 0 Å². The van der Waals surface area contributed by atoms with Gasteiger partial charge in [-0.05, 0) is 27.1 Å². The minimum atomic E-state index is 0. The van der Waals surface area contributed by atoms with Crippen molar-refractivity contribution in [3.8, 4) is 0 Å². The average Bonchev–Trinajstić information content (AvgIpc) is 2.94. The molecule has 23 heavy (non-hydrogen) atoms. The van der Waals surface area contributed by atoms with Crippen LogP contribution in [0.2, 0.25) is 0 Å². The van der Waals surface area contributed by atoms with E-state index in [2.05, 4.69) is 84.8 Å². The molecule has 0 fully saturated rings. The van der Waals surface area contributed by atoms with E-state index in [4.69, 9.17) is 0 Å². The molecule has 0 spiro atoms. The van der Waals surface area contributed by atoms with Gasteiger partial charge in [-0.2, -0.15) is 17.2 Å². The molecule has 0 aromatic carbocycles. The Bertz CT molecular complexity index is 486. The third kappa shape index (κ3) is 7.87. The van der Waals surface area contributed by atoms with Gasteiger partial charge >= 0.3 is 26.2 Å². The fourth-order valence-electron chi connectivity index (χ4n) is 2.39. The van der Waals surface area contributed by atoms with Gasteiger partial charge in [0.15, 0.2) is 0 Å². The molecular formula is C19H29Cl2NZr. The molecule has 0 saturated carbocycles. The summed E-state index contributed by atoms with van der Waals surface area (Å²) in [4.78, 5) is 2.19. The van der Waals surface area contributed by atoms with Crippen LogP contribution in [0.5, 0.6) is 0 Å². The summed E-state index contributed by atoms with van der Waals surface area (Å²) in [6, 6.07) is 0.513. The molecule has 0 bridgehead atoms. The summed E-state index contributed by atoms with van der Waals surface area (Å²) < 4.78 is 0. The topological polar surface area (TPSA) is 3.24 Å². The Balaban J connectivity index is -0.000000308. The van der Waals surface area contributed by atoms with Crippen molar-refractivity contribution in [2.45, 2.75) is 54.0 Å². The zero-order chi connectivity index (χ0) is 15.5. The normalized spacial score (nSPS) is 18.8.